The maximum Gasteiger partial charge on any atom is 0.318 e. The van der Waals surface area contributed by atoms with Gasteiger partial charge < -0.3 is 19.3 Å². The van der Waals surface area contributed by atoms with Crippen LogP contribution in [0.25, 0.3) is 0 Å². The molecule has 8 heteroatoms. The van der Waals surface area contributed by atoms with E-state index in [4.69, 9.17) is 19.3 Å². The normalized spacial score (nSPS) is 12.3. The predicted octanol–water partition coefficient (Wildman–Crippen LogP) is 0.0460. The Morgan fingerprint density at radius 2 is 1.67 bits per heavy atom. The molecule has 0 aliphatic carbocycles. The molecule has 106 valence electrons. The third kappa shape index (κ3) is 8.62. The van der Waals surface area contributed by atoms with Gasteiger partial charge in [0.2, 0.25) is 6.29 Å². The first kappa shape index (κ1) is 17.6. The summed E-state index contributed by atoms with van der Waals surface area (Å²) < 4.78 is 15.0. The topological polar surface area (TPSA) is 82.1 Å². The minimum atomic E-state index is -1.03. The molecule has 0 aromatic heterocycles. The Labute approximate surface area is 117 Å². The van der Waals surface area contributed by atoms with Crippen molar-refractivity contribution >= 4 is 37.2 Å². The quantitative estimate of drug-likeness (QED) is 0.317. The number of carbonyl (C=O) groups excluding carboxylic acids is 2. The van der Waals surface area contributed by atoms with Gasteiger partial charge in [-0.15, -0.1) is 0 Å². The van der Waals surface area contributed by atoms with Crippen LogP contribution < -0.4 is 0 Å². The fraction of sp³-hybridized carbons (Fsp3) is 0.800. The summed E-state index contributed by atoms with van der Waals surface area (Å²) in [6.45, 7) is 1.77. The maximum absolute atomic E-state index is 11.1. The number of ether oxygens (including phenoxy) is 3. The molecular formula is C10H18O6S2. The van der Waals surface area contributed by atoms with Crippen LogP contribution in [0.15, 0.2) is 0 Å². The Kier molecular flexibility index (Phi) is 10.2. The Morgan fingerprint density at radius 3 is 2.06 bits per heavy atom. The summed E-state index contributed by atoms with van der Waals surface area (Å²) in [5.74, 6) is -1.41. The Hall–Kier alpha value is -0.440. The van der Waals surface area contributed by atoms with E-state index in [1.54, 1.807) is 6.92 Å². The monoisotopic (exact) mass is 298 g/mol. The molecule has 0 aromatic rings. The van der Waals surface area contributed by atoms with E-state index in [0.717, 1.165) is 0 Å². The lowest BCUT2D eigenvalue weighted by atomic mass is 10.3. The van der Waals surface area contributed by atoms with Crippen molar-refractivity contribution < 1.29 is 28.9 Å². The van der Waals surface area contributed by atoms with E-state index in [-0.39, 0.29) is 37.2 Å². The average Bonchev–Trinajstić information content (AvgIpc) is 2.35. The summed E-state index contributed by atoms with van der Waals surface area (Å²) in [6, 6.07) is 0. The van der Waals surface area contributed by atoms with Crippen molar-refractivity contribution in [2.75, 3.05) is 24.7 Å². The number of rotatable bonds is 9. The smallest absolute Gasteiger partial charge is 0.318 e. The van der Waals surface area contributed by atoms with Crippen molar-refractivity contribution in [1.82, 2.24) is 0 Å². The lowest BCUT2D eigenvalue weighted by molar-refractivity contribution is -0.189. The number of hydrogen-bond acceptors (Lipinski definition) is 8. The highest BCUT2D eigenvalue weighted by Gasteiger charge is 2.21. The number of hydrogen-bond donors (Lipinski definition) is 3. The van der Waals surface area contributed by atoms with Crippen LogP contribution in [-0.4, -0.2) is 54.2 Å². The summed E-state index contributed by atoms with van der Waals surface area (Å²) >= 11 is 7.51. The minimum Gasteiger partial charge on any atom is -0.424 e. The van der Waals surface area contributed by atoms with Crippen LogP contribution >= 0.6 is 25.3 Å². The first-order valence-electron chi connectivity index (χ1n) is 5.36. The highest BCUT2D eigenvalue weighted by molar-refractivity contribution is 7.81. The first-order valence-corrected chi connectivity index (χ1v) is 6.63. The second kappa shape index (κ2) is 10.5. The van der Waals surface area contributed by atoms with Gasteiger partial charge in [0.25, 0.3) is 0 Å². The molecule has 0 heterocycles. The zero-order valence-corrected chi connectivity index (χ0v) is 11.9. The Bertz CT molecular complexity index is 243. The molecule has 6 nitrogen and oxygen atoms in total. The molecule has 0 radical (unpaired) electrons. The summed E-state index contributed by atoms with van der Waals surface area (Å²) in [5, 5.41) is 8.60. The lowest BCUT2D eigenvalue weighted by Crippen LogP contribution is -2.30. The highest BCUT2D eigenvalue weighted by atomic mass is 32.1. The zero-order valence-electron chi connectivity index (χ0n) is 10.1. The molecule has 18 heavy (non-hydrogen) atoms. The highest BCUT2D eigenvalue weighted by Crippen LogP contribution is 2.09. The number of thiol groups is 2. The van der Waals surface area contributed by atoms with Crippen molar-refractivity contribution in [2.24, 2.45) is 0 Å². The molecule has 0 amide bonds. The van der Waals surface area contributed by atoms with Crippen molar-refractivity contribution in [3.8, 4) is 0 Å². The molecule has 0 aliphatic heterocycles. The van der Waals surface area contributed by atoms with Gasteiger partial charge in [0, 0.05) is 6.42 Å². The lowest BCUT2D eigenvalue weighted by Gasteiger charge is -2.21. The molecule has 0 aliphatic rings. The van der Waals surface area contributed by atoms with Crippen molar-refractivity contribution in [3.05, 3.63) is 0 Å². The molecule has 0 saturated heterocycles. The van der Waals surface area contributed by atoms with Crippen LogP contribution in [0.3, 0.4) is 0 Å². The van der Waals surface area contributed by atoms with Crippen LogP contribution in [0, 0.1) is 0 Å². The number of aliphatic hydroxyl groups is 1. The summed E-state index contributed by atoms with van der Waals surface area (Å²) in [5.41, 5.74) is 0. The van der Waals surface area contributed by atoms with E-state index >= 15 is 0 Å². The number of esters is 2. The van der Waals surface area contributed by atoms with E-state index in [2.05, 4.69) is 25.3 Å². The molecule has 1 atom stereocenters. The predicted molar refractivity (Wildman–Crippen MR) is 70.8 cm³/mol. The van der Waals surface area contributed by atoms with Crippen molar-refractivity contribution in [1.29, 1.82) is 0 Å². The van der Waals surface area contributed by atoms with Gasteiger partial charge in [-0.1, -0.05) is 0 Å². The molecule has 0 spiro atoms. The third-order valence-corrected chi connectivity index (χ3v) is 2.32. The molecule has 0 fully saturated rings. The molecule has 0 bridgehead atoms. The molecule has 0 aromatic carbocycles. The molecule has 1 unspecified atom stereocenters. The van der Waals surface area contributed by atoms with E-state index in [1.165, 1.54) is 0 Å². The van der Waals surface area contributed by atoms with Gasteiger partial charge in [0.15, 0.2) is 0 Å². The average molecular weight is 298 g/mol. The third-order valence-electron chi connectivity index (χ3n) is 1.80. The number of carbonyl (C=O) groups is 2. The van der Waals surface area contributed by atoms with Gasteiger partial charge in [0.1, 0.15) is 0 Å². The Morgan fingerprint density at radius 1 is 1.17 bits per heavy atom. The molecular weight excluding hydrogens is 280 g/mol. The van der Waals surface area contributed by atoms with Gasteiger partial charge >= 0.3 is 11.9 Å². The van der Waals surface area contributed by atoms with Crippen LogP contribution in [0.2, 0.25) is 0 Å². The SMILES string of the molecule is CC(CC(OC(=O)CS)OC(=O)CS)OCCO. The van der Waals surface area contributed by atoms with Crippen molar-refractivity contribution in [3.63, 3.8) is 0 Å². The van der Waals surface area contributed by atoms with Crippen molar-refractivity contribution in [2.45, 2.75) is 25.7 Å². The van der Waals surface area contributed by atoms with Crippen LogP contribution in [0.4, 0.5) is 0 Å². The van der Waals surface area contributed by atoms with Gasteiger partial charge in [0.05, 0.1) is 30.8 Å². The van der Waals surface area contributed by atoms with E-state index in [0.29, 0.717) is 0 Å². The number of aliphatic hydroxyl groups excluding tert-OH is 1. The summed E-state index contributed by atoms with van der Waals surface area (Å²) in [7, 11) is 0. The summed E-state index contributed by atoms with van der Waals surface area (Å²) in [4.78, 5) is 22.2. The van der Waals surface area contributed by atoms with Gasteiger partial charge in [-0.3, -0.25) is 9.59 Å². The van der Waals surface area contributed by atoms with E-state index in [1.807, 2.05) is 0 Å². The fourth-order valence-electron chi connectivity index (χ4n) is 1.08. The minimum absolute atomic E-state index is 0.109. The maximum atomic E-state index is 11.1. The zero-order chi connectivity index (χ0) is 14.0. The fourth-order valence-corrected chi connectivity index (χ4v) is 1.23. The second-order valence-electron chi connectivity index (χ2n) is 3.37. The first-order chi connectivity index (χ1) is 8.53. The van der Waals surface area contributed by atoms with E-state index in [9.17, 15) is 9.59 Å². The molecule has 1 N–H and O–H groups in total. The Balaban J connectivity index is 4.26. The second-order valence-corrected chi connectivity index (χ2v) is 4.00. The molecule has 0 rings (SSSR count). The van der Waals surface area contributed by atoms with Crippen LogP contribution in [0.5, 0.6) is 0 Å². The standard InChI is InChI=1S/C10H18O6S2/c1-7(14-3-2-11)4-10(15-8(12)5-17)16-9(13)6-18/h7,10-11,17-18H,2-6H2,1H3. The van der Waals surface area contributed by atoms with Gasteiger partial charge in [-0.25, -0.2) is 0 Å². The van der Waals surface area contributed by atoms with Crippen LogP contribution in [-0.2, 0) is 23.8 Å². The largest absolute Gasteiger partial charge is 0.424 e. The van der Waals surface area contributed by atoms with Gasteiger partial charge in [-0.2, -0.15) is 25.3 Å². The summed E-state index contributed by atoms with van der Waals surface area (Å²) in [6.07, 6.45) is -1.18. The molecule has 0 saturated carbocycles. The van der Waals surface area contributed by atoms with Crippen LogP contribution in [0.1, 0.15) is 13.3 Å². The van der Waals surface area contributed by atoms with E-state index < -0.39 is 18.2 Å². The van der Waals surface area contributed by atoms with Gasteiger partial charge in [-0.05, 0) is 6.92 Å².